The number of carbonyl (C=O) groups is 1. The molecule has 27 heavy (non-hydrogen) atoms. The van der Waals surface area contributed by atoms with E-state index in [0.29, 0.717) is 4.91 Å². The Kier molecular flexibility index (Phi) is 4.64. The lowest BCUT2D eigenvalue weighted by Crippen LogP contribution is -2.27. The minimum atomic E-state index is -3.26. The summed E-state index contributed by atoms with van der Waals surface area (Å²) < 4.78 is 29.5. The van der Waals surface area contributed by atoms with Crippen LogP contribution in [-0.2, 0) is 19.4 Å². The third-order valence-electron chi connectivity index (χ3n) is 5.10. The summed E-state index contributed by atoms with van der Waals surface area (Å²) in [5, 5.41) is 0. The number of thioether (sulfide) groups is 1. The van der Waals surface area contributed by atoms with E-state index in [1.807, 2.05) is 30.3 Å². The fourth-order valence-corrected chi connectivity index (χ4v) is 5.53. The number of sulfone groups is 1. The van der Waals surface area contributed by atoms with Crippen molar-refractivity contribution in [1.82, 2.24) is 0 Å². The van der Waals surface area contributed by atoms with Crippen LogP contribution in [0, 0.1) is 0 Å². The summed E-state index contributed by atoms with van der Waals surface area (Å²) in [7, 11) is -3.26. The maximum Gasteiger partial charge on any atom is 0.346 e. The topological polar surface area (TPSA) is 60.4 Å². The molecule has 1 aliphatic heterocycles. The smallest absolute Gasteiger partial charge is 0.346 e. The molecular weight excluding hydrogens is 380 g/mol. The Hall–Kier alpha value is -2.05. The maximum absolute atomic E-state index is 12.8. The molecule has 1 heterocycles. The third-order valence-corrected chi connectivity index (χ3v) is 7.31. The molecule has 0 unspecified atom stereocenters. The number of ether oxygens (including phenoxy) is 1. The van der Waals surface area contributed by atoms with Gasteiger partial charge in [0.1, 0.15) is 10.5 Å². The van der Waals surface area contributed by atoms with Crippen LogP contribution in [0.15, 0.2) is 69.3 Å². The number of hydrogen-bond donors (Lipinski definition) is 0. The maximum atomic E-state index is 12.8. The lowest BCUT2D eigenvalue weighted by Gasteiger charge is -2.26. The van der Waals surface area contributed by atoms with Gasteiger partial charge in [-0.3, -0.25) is 0 Å². The average Bonchev–Trinajstić information content (AvgIpc) is 3.20. The predicted octanol–water partition coefficient (Wildman–Crippen LogP) is 4.46. The first-order valence-electron chi connectivity index (χ1n) is 8.91. The highest BCUT2D eigenvalue weighted by Crippen LogP contribution is 2.53. The first-order chi connectivity index (χ1) is 12.9. The van der Waals surface area contributed by atoms with Crippen molar-refractivity contribution in [2.24, 2.45) is 0 Å². The van der Waals surface area contributed by atoms with E-state index < -0.39 is 15.4 Å². The van der Waals surface area contributed by atoms with Gasteiger partial charge < -0.3 is 4.74 Å². The van der Waals surface area contributed by atoms with Crippen molar-refractivity contribution in [2.45, 2.75) is 41.1 Å². The van der Waals surface area contributed by atoms with Gasteiger partial charge in [-0.25, -0.2) is 13.2 Å². The summed E-state index contributed by atoms with van der Waals surface area (Å²) in [4.78, 5) is 14.6. The van der Waals surface area contributed by atoms with Crippen molar-refractivity contribution in [3.63, 3.8) is 0 Å². The Balaban J connectivity index is 1.83. The number of hydrogen-bond acceptors (Lipinski definition) is 5. The van der Waals surface area contributed by atoms with E-state index in [9.17, 15) is 13.2 Å². The zero-order valence-electron chi connectivity index (χ0n) is 15.0. The van der Waals surface area contributed by atoms with Crippen LogP contribution < -0.4 is 0 Å². The van der Waals surface area contributed by atoms with Crippen molar-refractivity contribution >= 4 is 33.1 Å². The minimum Gasteiger partial charge on any atom is -0.450 e. The fourth-order valence-electron chi connectivity index (χ4n) is 3.84. The predicted molar refractivity (Wildman–Crippen MR) is 106 cm³/mol. The van der Waals surface area contributed by atoms with Gasteiger partial charge in [0, 0.05) is 16.7 Å². The van der Waals surface area contributed by atoms with E-state index in [1.54, 1.807) is 24.3 Å². The number of rotatable bonds is 4. The van der Waals surface area contributed by atoms with Crippen LogP contribution in [0.1, 0.15) is 31.2 Å². The van der Waals surface area contributed by atoms with Crippen LogP contribution in [0.25, 0.3) is 5.57 Å². The summed E-state index contributed by atoms with van der Waals surface area (Å²) in [5.74, 6) is -0.284. The van der Waals surface area contributed by atoms with Crippen LogP contribution in [0.5, 0.6) is 0 Å². The Labute approximate surface area is 163 Å². The van der Waals surface area contributed by atoms with Gasteiger partial charge in [-0.15, -0.1) is 0 Å². The first-order valence-corrected chi connectivity index (χ1v) is 11.6. The van der Waals surface area contributed by atoms with Gasteiger partial charge >= 0.3 is 5.97 Å². The molecule has 0 bridgehead atoms. The van der Waals surface area contributed by atoms with Gasteiger partial charge in [0.05, 0.1) is 4.90 Å². The summed E-state index contributed by atoms with van der Waals surface area (Å²) in [5.41, 5.74) is 1.17. The van der Waals surface area contributed by atoms with Gasteiger partial charge in [-0.1, -0.05) is 42.1 Å². The van der Waals surface area contributed by atoms with Crippen LogP contribution in [0.4, 0.5) is 0 Å². The van der Waals surface area contributed by atoms with Crippen molar-refractivity contribution in [2.75, 3.05) is 6.26 Å². The molecule has 1 saturated carbocycles. The van der Waals surface area contributed by atoms with Crippen molar-refractivity contribution < 1.29 is 17.9 Å². The van der Waals surface area contributed by atoms with Crippen LogP contribution in [0.3, 0.4) is 0 Å². The summed E-state index contributed by atoms with van der Waals surface area (Å²) in [6.45, 7) is 0. The van der Waals surface area contributed by atoms with E-state index in [1.165, 1.54) is 18.0 Å². The Morgan fingerprint density at radius 3 is 2.19 bits per heavy atom. The van der Waals surface area contributed by atoms with E-state index >= 15 is 0 Å². The summed E-state index contributed by atoms with van der Waals surface area (Å²) >= 11 is 1.42. The second-order valence-electron chi connectivity index (χ2n) is 7.01. The molecule has 4 rings (SSSR count). The van der Waals surface area contributed by atoms with Crippen LogP contribution in [0.2, 0.25) is 0 Å². The normalized spacial score (nSPS) is 18.9. The molecule has 0 aromatic heterocycles. The van der Waals surface area contributed by atoms with E-state index in [4.69, 9.17) is 4.74 Å². The zero-order valence-corrected chi connectivity index (χ0v) is 16.6. The lowest BCUT2D eigenvalue weighted by atomic mass is 9.87. The van der Waals surface area contributed by atoms with Gasteiger partial charge in [0.15, 0.2) is 9.84 Å². The third kappa shape index (κ3) is 3.44. The van der Waals surface area contributed by atoms with Crippen molar-refractivity contribution in [3.8, 4) is 0 Å². The summed E-state index contributed by atoms with van der Waals surface area (Å²) in [6.07, 6.45) is 4.84. The van der Waals surface area contributed by atoms with Crippen molar-refractivity contribution in [3.05, 3.63) is 65.1 Å². The van der Waals surface area contributed by atoms with Gasteiger partial charge in [-0.05, 0) is 55.5 Å². The highest BCUT2D eigenvalue weighted by Gasteiger charge is 2.50. The monoisotopic (exact) mass is 400 g/mol. The molecular formula is C21H20O4S2. The fraction of sp³-hybridized carbons (Fsp3) is 0.286. The molecule has 1 aliphatic carbocycles. The Morgan fingerprint density at radius 1 is 0.963 bits per heavy atom. The number of esters is 1. The standard InChI is InChI=1S/C21H20O4S2/c1-27(23,24)17-11-9-15(10-12-17)18-19(26-16-7-3-2-4-8-16)20(22)25-21(18)13-5-6-14-21/h2-4,7-12H,5-6,13-14H2,1H3. The largest absolute Gasteiger partial charge is 0.450 e. The van der Waals surface area contributed by atoms with E-state index in [0.717, 1.165) is 41.7 Å². The molecule has 1 fully saturated rings. The molecule has 1 spiro atoms. The average molecular weight is 401 g/mol. The first kappa shape index (κ1) is 18.3. The van der Waals surface area contributed by atoms with Gasteiger partial charge in [-0.2, -0.15) is 0 Å². The minimum absolute atomic E-state index is 0.273. The second-order valence-corrected chi connectivity index (χ2v) is 10.1. The van der Waals surface area contributed by atoms with Crippen LogP contribution in [-0.4, -0.2) is 26.2 Å². The molecule has 0 N–H and O–H groups in total. The quantitative estimate of drug-likeness (QED) is 0.709. The highest BCUT2D eigenvalue weighted by molar-refractivity contribution is 8.04. The number of carbonyl (C=O) groups excluding carboxylic acids is 1. The molecule has 0 saturated heterocycles. The summed E-state index contributed by atoms with van der Waals surface area (Å²) in [6, 6.07) is 16.5. The zero-order chi connectivity index (χ0) is 19.1. The van der Waals surface area contributed by atoms with Crippen LogP contribution >= 0.6 is 11.8 Å². The molecule has 0 amide bonds. The van der Waals surface area contributed by atoms with E-state index in [2.05, 4.69) is 0 Å². The Morgan fingerprint density at radius 2 is 1.59 bits per heavy atom. The molecule has 2 aromatic carbocycles. The molecule has 2 aliphatic rings. The molecule has 140 valence electrons. The van der Waals surface area contributed by atoms with Gasteiger partial charge in [0.2, 0.25) is 0 Å². The lowest BCUT2D eigenvalue weighted by molar-refractivity contribution is -0.144. The molecule has 4 nitrogen and oxygen atoms in total. The second kappa shape index (κ2) is 6.84. The van der Waals surface area contributed by atoms with E-state index in [-0.39, 0.29) is 10.9 Å². The number of benzene rings is 2. The molecule has 0 atom stereocenters. The Bertz CT molecular complexity index is 1000. The molecule has 0 radical (unpaired) electrons. The van der Waals surface area contributed by atoms with Gasteiger partial charge in [0.25, 0.3) is 0 Å². The van der Waals surface area contributed by atoms with Crippen molar-refractivity contribution in [1.29, 1.82) is 0 Å². The molecule has 2 aromatic rings. The molecule has 6 heteroatoms. The SMILES string of the molecule is CS(=O)(=O)c1ccc(C2=C(Sc3ccccc3)C(=O)OC23CCCC3)cc1. The highest BCUT2D eigenvalue weighted by atomic mass is 32.2.